The van der Waals surface area contributed by atoms with Gasteiger partial charge in [0.2, 0.25) is 5.91 Å². The van der Waals surface area contributed by atoms with Crippen molar-refractivity contribution in [2.45, 2.75) is 38.6 Å². The quantitative estimate of drug-likeness (QED) is 0.694. The molecule has 0 aliphatic carbocycles. The van der Waals surface area contributed by atoms with Gasteiger partial charge in [-0.05, 0) is 19.3 Å². The van der Waals surface area contributed by atoms with Gasteiger partial charge in [0.1, 0.15) is 0 Å². The highest BCUT2D eigenvalue weighted by atomic mass is 16.4. The van der Waals surface area contributed by atoms with Gasteiger partial charge in [0.25, 0.3) is 0 Å². The molecule has 74 valence electrons. The number of likely N-dealkylation sites (tertiary alicyclic amines) is 1. The van der Waals surface area contributed by atoms with E-state index in [2.05, 4.69) is 0 Å². The van der Waals surface area contributed by atoms with Crippen molar-refractivity contribution >= 4 is 11.9 Å². The minimum Gasteiger partial charge on any atom is -0.481 e. The number of piperidine rings is 1. The molecule has 4 nitrogen and oxygen atoms in total. The Labute approximate surface area is 77.5 Å². The van der Waals surface area contributed by atoms with Crippen LogP contribution in [0.2, 0.25) is 0 Å². The first-order valence-electron chi connectivity index (χ1n) is 4.60. The lowest BCUT2D eigenvalue weighted by Gasteiger charge is -2.34. The molecule has 0 unspecified atom stereocenters. The number of carbonyl (C=O) groups is 2. The van der Waals surface area contributed by atoms with Crippen LogP contribution in [0.4, 0.5) is 0 Å². The zero-order chi connectivity index (χ0) is 9.84. The van der Waals surface area contributed by atoms with Crippen LogP contribution in [-0.4, -0.2) is 34.5 Å². The van der Waals surface area contributed by atoms with Crippen LogP contribution in [0.3, 0.4) is 0 Å². The van der Waals surface area contributed by atoms with Crippen molar-refractivity contribution < 1.29 is 14.7 Å². The molecule has 1 N–H and O–H groups in total. The van der Waals surface area contributed by atoms with Crippen molar-refractivity contribution in [2.75, 3.05) is 6.54 Å². The van der Waals surface area contributed by atoms with Gasteiger partial charge in [-0.1, -0.05) is 0 Å². The number of hydrogen-bond donors (Lipinski definition) is 1. The topological polar surface area (TPSA) is 57.6 Å². The maximum atomic E-state index is 11.1. The molecule has 1 aliphatic rings. The summed E-state index contributed by atoms with van der Waals surface area (Å²) in [6.45, 7) is 2.22. The minimum atomic E-state index is -0.821. The normalized spacial score (nSPS) is 22.8. The van der Waals surface area contributed by atoms with Crippen LogP contribution in [0.5, 0.6) is 0 Å². The van der Waals surface area contributed by atoms with Crippen molar-refractivity contribution in [1.82, 2.24) is 4.90 Å². The number of hydrogen-bond acceptors (Lipinski definition) is 2. The van der Waals surface area contributed by atoms with Gasteiger partial charge in [-0.2, -0.15) is 0 Å². The predicted molar refractivity (Wildman–Crippen MR) is 47.3 cm³/mol. The molecule has 1 fully saturated rings. The van der Waals surface area contributed by atoms with Crippen LogP contribution in [0.15, 0.2) is 0 Å². The van der Waals surface area contributed by atoms with Crippen LogP contribution >= 0.6 is 0 Å². The maximum Gasteiger partial charge on any atom is 0.305 e. The molecule has 0 bridgehead atoms. The van der Waals surface area contributed by atoms with Crippen LogP contribution < -0.4 is 0 Å². The molecule has 1 saturated heterocycles. The highest BCUT2D eigenvalue weighted by Crippen LogP contribution is 2.19. The van der Waals surface area contributed by atoms with E-state index in [1.165, 1.54) is 6.92 Å². The van der Waals surface area contributed by atoms with Gasteiger partial charge in [-0.25, -0.2) is 0 Å². The van der Waals surface area contributed by atoms with Gasteiger partial charge in [-0.3, -0.25) is 9.59 Å². The summed E-state index contributed by atoms with van der Waals surface area (Å²) in [7, 11) is 0. The van der Waals surface area contributed by atoms with Crippen molar-refractivity contribution in [3.63, 3.8) is 0 Å². The van der Waals surface area contributed by atoms with E-state index in [1.54, 1.807) is 4.90 Å². The standard InChI is InChI=1S/C9H15NO3/c1-7(11)10-5-3-2-4-8(10)6-9(12)13/h8H,2-6H2,1H3,(H,12,13)/t8-/m0/s1. The highest BCUT2D eigenvalue weighted by Gasteiger charge is 2.25. The molecule has 13 heavy (non-hydrogen) atoms. The molecular weight excluding hydrogens is 170 g/mol. The van der Waals surface area contributed by atoms with E-state index in [0.717, 1.165) is 19.3 Å². The molecule has 1 atom stereocenters. The average molecular weight is 185 g/mol. The molecule has 4 heteroatoms. The van der Waals surface area contributed by atoms with Gasteiger partial charge in [0.05, 0.1) is 6.42 Å². The maximum absolute atomic E-state index is 11.1. The number of carboxylic acid groups (broad SMARTS) is 1. The van der Waals surface area contributed by atoms with Crippen molar-refractivity contribution in [3.05, 3.63) is 0 Å². The summed E-state index contributed by atoms with van der Waals surface area (Å²) in [6.07, 6.45) is 2.93. The smallest absolute Gasteiger partial charge is 0.305 e. The molecule has 0 aromatic carbocycles. The number of amides is 1. The first-order chi connectivity index (χ1) is 6.11. The Kier molecular flexibility index (Phi) is 3.28. The fourth-order valence-electron chi connectivity index (χ4n) is 1.83. The summed E-state index contributed by atoms with van der Waals surface area (Å²) < 4.78 is 0. The van der Waals surface area contributed by atoms with Crippen molar-refractivity contribution in [3.8, 4) is 0 Å². The molecule has 0 saturated carbocycles. The molecule has 1 aliphatic heterocycles. The van der Waals surface area contributed by atoms with Crippen LogP contribution in [0.25, 0.3) is 0 Å². The number of carboxylic acids is 1. The second kappa shape index (κ2) is 4.25. The summed E-state index contributed by atoms with van der Waals surface area (Å²) in [6, 6.07) is -0.0799. The SMILES string of the molecule is CC(=O)N1CCCC[C@H]1CC(=O)O. The Morgan fingerprint density at radius 1 is 1.46 bits per heavy atom. The van der Waals surface area contributed by atoms with E-state index >= 15 is 0 Å². The van der Waals surface area contributed by atoms with E-state index in [-0.39, 0.29) is 18.4 Å². The van der Waals surface area contributed by atoms with Gasteiger partial charge in [0, 0.05) is 19.5 Å². The van der Waals surface area contributed by atoms with Crippen LogP contribution in [0, 0.1) is 0 Å². The van der Waals surface area contributed by atoms with E-state index < -0.39 is 5.97 Å². The highest BCUT2D eigenvalue weighted by molar-refractivity contribution is 5.75. The number of nitrogens with zero attached hydrogens (tertiary/aromatic N) is 1. The Hall–Kier alpha value is -1.06. The molecule has 1 rings (SSSR count). The van der Waals surface area contributed by atoms with Crippen LogP contribution in [-0.2, 0) is 9.59 Å². The zero-order valence-corrected chi connectivity index (χ0v) is 7.82. The van der Waals surface area contributed by atoms with Gasteiger partial charge in [-0.15, -0.1) is 0 Å². The summed E-state index contributed by atoms with van der Waals surface area (Å²) >= 11 is 0. The number of aliphatic carboxylic acids is 1. The van der Waals surface area contributed by atoms with Gasteiger partial charge >= 0.3 is 5.97 Å². The van der Waals surface area contributed by atoms with E-state index in [0.29, 0.717) is 6.54 Å². The third kappa shape index (κ3) is 2.72. The van der Waals surface area contributed by atoms with Gasteiger partial charge < -0.3 is 10.0 Å². The lowest BCUT2D eigenvalue weighted by atomic mass is 9.99. The summed E-state index contributed by atoms with van der Waals surface area (Å²) in [5.41, 5.74) is 0. The summed E-state index contributed by atoms with van der Waals surface area (Å²) in [5, 5.41) is 8.63. The van der Waals surface area contributed by atoms with Crippen molar-refractivity contribution in [1.29, 1.82) is 0 Å². The second-order valence-corrected chi connectivity index (χ2v) is 3.46. The lowest BCUT2D eigenvalue weighted by Crippen LogP contribution is -2.43. The van der Waals surface area contributed by atoms with E-state index in [9.17, 15) is 9.59 Å². The fourth-order valence-corrected chi connectivity index (χ4v) is 1.83. The molecule has 0 aromatic rings. The lowest BCUT2D eigenvalue weighted by molar-refractivity contribution is -0.141. The third-order valence-corrected chi connectivity index (χ3v) is 2.44. The second-order valence-electron chi connectivity index (χ2n) is 3.46. The molecule has 0 radical (unpaired) electrons. The first-order valence-corrected chi connectivity index (χ1v) is 4.60. The monoisotopic (exact) mass is 185 g/mol. The average Bonchev–Trinajstić information content (AvgIpc) is 2.03. The Morgan fingerprint density at radius 2 is 2.15 bits per heavy atom. The summed E-state index contributed by atoms with van der Waals surface area (Å²) in [4.78, 5) is 23.3. The Bertz CT molecular complexity index is 215. The molecule has 1 amide bonds. The first kappa shape index (κ1) is 10.0. The fraction of sp³-hybridized carbons (Fsp3) is 0.778. The number of rotatable bonds is 2. The molecule has 0 aromatic heterocycles. The van der Waals surface area contributed by atoms with Gasteiger partial charge in [0.15, 0.2) is 0 Å². The van der Waals surface area contributed by atoms with E-state index in [1.807, 2.05) is 0 Å². The largest absolute Gasteiger partial charge is 0.481 e. The molecular formula is C9H15NO3. The third-order valence-electron chi connectivity index (χ3n) is 2.44. The Morgan fingerprint density at radius 3 is 2.69 bits per heavy atom. The molecule has 0 spiro atoms. The zero-order valence-electron chi connectivity index (χ0n) is 7.82. The summed E-state index contributed by atoms with van der Waals surface area (Å²) in [5.74, 6) is -0.830. The number of carbonyl (C=O) groups excluding carboxylic acids is 1. The Balaban J connectivity index is 2.56. The van der Waals surface area contributed by atoms with E-state index in [4.69, 9.17) is 5.11 Å². The minimum absolute atomic E-state index is 0.00838. The predicted octanol–water partition coefficient (Wildman–Crippen LogP) is 0.862. The van der Waals surface area contributed by atoms with Crippen LogP contribution in [0.1, 0.15) is 32.6 Å². The molecule has 1 heterocycles. The van der Waals surface area contributed by atoms with Crippen molar-refractivity contribution in [2.24, 2.45) is 0 Å².